The van der Waals surface area contributed by atoms with Gasteiger partial charge in [0, 0.05) is 12.6 Å². The summed E-state index contributed by atoms with van der Waals surface area (Å²) < 4.78 is 5.98. The van der Waals surface area contributed by atoms with E-state index in [4.69, 9.17) is 4.74 Å². The lowest BCUT2D eigenvalue weighted by molar-refractivity contribution is -0.146. The Labute approximate surface area is 109 Å². The highest BCUT2D eigenvalue weighted by molar-refractivity contribution is 5.78. The van der Waals surface area contributed by atoms with Gasteiger partial charge in [0.05, 0.1) is 5.60 Å². The standard InChI is InChI=1S/C14H25NO3/c1-3-13(2,12(16)17)15-11-6-9-18-14(10-11)7-4-5-8-14/h11,15H,3-10H2,1-2H3,(H,16,17). The molecule has 0 aromatic carbocycles. The minimum atomic E-state index is -0.804. The summed E-state index contributed by atoms with van der Waals surface area (Å²) in [6, 6.07) is 0.276. The molecule has 1 aliphatic heterocycles. The van der Waals surface area contributed by atoms with E-state index in [0.29, 0.717) is 6.42 Å². The zero-order valence-electron chi connectivity index (χ0n) is 11.5. The summed E-state index contributed by atoms with van der Waals surface area (Å²) >= 11 is 0. The normalized spacial score (nSPS) is 30.2. The molecule has 2 N–H and O–H groups in total. The fraction of sp³-hybridized carbons (Fsp3) is 0.929. The molecule has 1 heterocycles. The van der Waals surface area contributed by atoms with Crippen molar-refractivity contribution in [2.24, 2.45) is 0 Å². The van der Waals surface area contributed by atoms with Crippen LogP contribution in [0.25, 0.3) is 0 Å². The molecule has 0 aromatic rings. The number of carboxylic acids is 1. The van der Waals surface area contributed by atoms with E-state index in [0.717, 1.165) is 32.3 Å². The van der Waals surface area contributed by atoms with Crippen LogP contribution in [0.2, 0.25) is 0 Å². The Morgan fingerprint density at radius 1 is 1.50 bits per heavy atom. The Hall–Kier alpha value is -0.610. The van der Waals surface area contributed by atoms with Gasteiger partial charge in [0.15, 0.2) is 0 Å². The molecule has 1 spiro atoms. The zero-order chi connectivity index (χ0) is 13.2. The van der Waals surface area contributed by atoms with Crippen molar-refractivity contribution in [1.82, 2.24) is 5.32 Å². The van der Waals surface area contributed by atoms with Gasteiger partial charge in [-0.25, -0.2) is 0 Å². The van der Waals surface area contributed by atoms with Gasteiger partial charge in [-0.2, -0.15) is 0 Å². The summed E-state index contributed by atoms with van der Waals surface area (Å²) in [7, 11) is 0. The van der Waals surface area contributed by atoms with Gasteiger partial charge in [0.2, 0.25) is 0 Å². The summed E-state index contributed by atoms with van der Waals surface area (Å²) in [5.41, 5.74) is -0.759. The Morgan fingerprint density at radius 3 is 2.72 bits per heavy atom. The number of hydrogen-bond donors (Lipinski definition) is 2. The molecule has 0 radical (unpaired) electrons. The van der Waals surface area contributed by atoms with Crippen LogP contribution in [0, 0.1) is 0 Å². The van der Waals surface area contributed by atoms with Crippen molar-refractivity contribution < 1.29 is 14.6 Å². The summed E-state index contributed by atoms with van der Waals surface area (Å²) in [5, 5.41) is 12.7. The van der Waals surface area contributed by atoms with Gasteiger partial charge in [-0.15, -0.1) is 0 Å². The number of aliphatic carboxylic acids is 1. The molecule has 18 heavy (non-hydrogen) atoms. The minimum absolute atomic E-state index is 0.0447. The van der Waals surface area contributed by atoms with Crippen molar-refractivity contribution in [2.45, 2.75) is 76.0 Å². The Balaban J connectivity index is 1.99. The van der Waals surface area contributed by atoms with E-state index in [1.165, 1.54) is 12.8 Å². The van der Waals surface area contributed by atoms with E-state index < -0.39 is 11.5 Å². The van der Waals surface area contributed by atoms with Crippen LogP contribution >= 0.6 is 0 Å². The lowest BCUT2D eigenvalue weighted by atomic mass is 9.86. The maximum Gasteiger partial charge on any atom is 0.323 e. The SMILES string of the molecule is CCC(C)(NC1CCOC2(CCCC2)C1)C(=O)O. The van der Waals surface area contributed by atoms with Crippen LogP contribution in [0.4, 0.5) is 0 Å². The molecule has 2 fully saturated rings. The number of nitrogens with one attached hydrogen (secondary N) is 1. The first-order valence-electron chi connectivity index (χ1n) is 7.15. The molecule has 2 atom stereocenters. The molecule has 1 saturated carbocycles. The summed E-state index contributed by atoms with van der Waals surface area (Å²) in [6.07, 6.45) is 7.27. The largest absolute Gasteiger partial charge is 0.480 e. The van der Waals surface area contributed by atoms with Gasteiger partial charge in [-0.05, 0) is 39.0 Å². The highest BCUT2D eigenvalue weighted by Crippen LogP contribution is 2.40. The number of carbonyl (C=O) groups is 1. The van der Waals surface area contributed by atoms with Crippen LogP contribution in [0.5, 0.6) is 0 Å². The minimum Gasteiger partial charge on any atom is -0.480 e. The van der Waals surface area contributed by atoms with Gasteiger partial charge >= 0.3 is 5.97 Å². The van der Waals surface area contributed by atoms with E-state index in [9.17, 15) is 9.90 Å². The summed E-state index contributed by atoms with van der Waals surface area (Å²) in [5.74, 6) is -0.753. The number of carboxylic acid groups (broad SMARTS) is 1. The first-order chi connectivity index (χ1) is 8.50. The number of rotatable bonds is 4. The summed E-state index contributed by atoms with van der Waals surface area (Å²) in [6.45, 7) is 4.47. The molecule has 0 aromatic heterocycles. The Morgan fingerprint density at radius 2 is 2.17 bits per heavy atom. The molecule has 2 unspecified atom stereocenters. The van der Waals surface area contributed by atoms with E-state index in [2.05, 4.69) is 5.32 Å². The Kier molecular flexibility index (Phi) is 3.97. The second-order valence-electron chi connectivity index (χ2n) is 6.06. The van der Waals surface area contributed by atoms with Crippen molar-refractivity contribution >= 4 is 5.97 Å². The monoisotopic (exact) mass is 255 g/mol. The fourth-order valence-corrected chi connectivity index (χ4v) is 3.28. The Bertz CT molecular complexity index is 312. The lowest BCUT2D eigenvalue weighted by Crippen LogP contribution is -2.57. The van der Waals surface area contributed by atoms with Crippen molar-refractivity contribution in [3.63, 3.8) is 0 Å². The van der Waals surface area contributed by atoms with Crippen LogP contribution in [-0.2, 0) is 9.53 Å². The lowest BCUT2D eigenvalue weighted by Gasteiger charge is -2.41. The average Bonchev–Trinajstić information content (AvgIpc) is 2.77. The predicted molar refractivity (Wildman–Crippen MR) is 69.6 cm³/mol. The summed E-state index contributed by atoms with van der Waals surface area (Å²) in [4.78, 5) is 11.3. The van der Waals surface area contributed by atoms with E-state index in [1.54, 1.807) is 6.92 Å². The highest BCUT2D eigenvalue weighted by atomic mass is 16.5. The first-order valence-corrected chi connectivity index (χ1v) is 7.15. The second kappa shape index (κ2) is 5.17. The van der Waals surface area contributed by atoms with Crippen LogP contribution in [-0.4, -0.2) is 34.9 Å². The van der Waals surface area contributed by atoms with Crippen LogP contribution < -0.4 is 5.32 Å². The maximum atomic E-state index is 11.3. The fourth-order valence-electron chi connectivity index (χ4n) is 3.28. The van der Waals surface area contributed by atoms with Gasteiger partial charge in [0.1, 0.15) is 5.54 Å². The van der Waals surface area contributed by atoms with Crippen molar-refractivity contribution in [2.75, 3.05) is 6.61 Å². The first kappa shape index (κ1) is 13.8. The van der Waals surface area contributed by atoms with Crippen LogP contribution in [0.1, 0.15) is 58.8 Å². The van der Waals surface area contributed by atoms with Gasteiger partial charge in [-0.1, -0.05) is 19.8 Å². The quantitative estimate of drug-likeness (QED) is 0.809. The molecule has 1 saturated heterocycles. The predicted octanol–water partition coefficient (Wildman–Crippen LogP) is 2.32. The van der Waals surface area contributed by atoms with Crippen LogP contribution in [0.15, 0.2) is 0 Å². The smallest absolute Gasteiger partial charge is 0.323 e. The third-order valence-electron chi connectivity index (χ3n) is 4.71. The van der Waals surface area contributed by atoms with Crippen molar-refractivity contribution in [3.05, 3.63) is 0 Å². The second-order valence-corrected chi connectivity index (χ2v) is 6.06. The van der Waals surface area contributed by atoms with Crippen molar-refractivity contribution in [1.29, 1.82) is 0 Å². The third kappa shape index (κ3) is 2.69. The van der Waals surface area contributed by atoms with Crippen LogP contribution in [0.3, 0.4) is 0 Å². The molecule has 2 rings (SSSR count). The molecule has 0 amide bonds. The van der Waals surface area contributed by atoms with E-state index in [-0.39, 0.29) is 11.6 Å². The molecule has 1 aliphatic carbocycles. The molecule has 0 bridgehead atoms. The maximum absolute atomic E-state index is 11.3. The molecule has 2 aliphatic rings. The number of ether oxygens (including phenoxy) is 1. The van der Waals surface area contributed by atoms with Gasteiger partial charge in [0.25, 0.3) is 0 Å². The number of hydrogen-bond acceptors (Lipinski definition) is 3. The molecule has 4 heteroatoms. The van der Waals surface area contributed by atoms with E-state index in [1.807, 2.05) is 6.92 Å². The molecule has 104 valence electrons. The molecular weight excluding hydrogens is 230 g/mol. The topological polar surface area (TPSA) is 58.6 Å². The van der Waals surface area contributed by atoms with Gasteiger partial charge < -0.3 is 9.84 Å². The highest BCUT2D eigenvalue weighted by Gasteiger charge is 2.42. The van der Waals surface area contributed by atoms with Gasteiger partial charge in [-0.3, -0.25) is 10.1 Å². The van der Waals surface area contributed by atoms with E-state index >= 15 is 0 Å². The molecular formula is C14H25NO3. The third-order valence-corrected chi connectivity index (χ3v) is 4.71. The van der Waals surface area contributed by atoms with Crippen molar-refractivity contribution in [3.8, 4) is 0 Å². The zero-order valence-corrected chi connectivity index (χ0v) is 11.5. The molecule has 4 nitrogen and oxygen atoms in total. The average molecular weight is 255 g/mol.